The van der Waals surface area contributed by atoms with Crippen LogP contribution in [0.1, 0.15) is 37.3 Å². The first-order valence-electron chi connectivity index (χ1n) is 10.6. The van der Waals surface area contributed by atoms with Crippen LogP contribution in [-0.2, 0) is 16.0 Å². The van der Waals surface area contributed by atoms with Gasteiger partial charge in [-0.3, -0.25) is 14.0 Å². The third-order valence-electron chi connectivity index (χ3n) is 6.04. The Morgan fingerprint density at radius 2 is 1.94 bits per heavy atom. The van der Waals surface area contributed by atoms with E-state index >= 15 is 0 Å². The molecule has 31 heavy (non-hydrogen) atoms. The summed E-state index contributed by atoms with van der Waals surface area (Å²) in [4.78, 5) is 30.3. The molecule has 0 aliphatic carbocycles. The minimum absolute atomic E-state index is 0.107. The third kappa shape index (κ3) is 3.37. The van der Waals surface area contributed by atoms with E-state index in [9.17, 15) is 9.59 Å². The van der Waals surface area contributed by atoms with Crippen LogP contribution in [0.2, 0.25) is 0 Å². The first-order valence-corrected chi connectivity index (χ1v) is 10.6. The smallest absolute Gasteiger partial charge is 0.258 e. The van der Waals surface area contributed by atoms with Crippen molar-refractivity contribution >= 4 is 34.1 Å². The fraction of sp³-hybridized carbons (Fsp3) is 0.429. The van der Waals surface area contributed by atoms with Gasteiger partial charge in [0, 0.05) is 37.2 Å². The Kier molecular flexibility index (Phi) is 4.76. The molecule has 4 aromatic rings. The molecule has 1 aliphatic heterocycles. The SMILES string of the molecule is Cc1nc2c3ccccc3n3c(CCCC(=O)N4CCC(C(N)=O)CC4)nnc3n2n1. The number of para-hydroxylation sites is 1. The molecular weight excluding hydrogens is 396 g/mol. The first-order chi connectivity index (χ1) is 15.0. The van der Waals surface area contributed by atoms with Crippen molar-refractivity contribution in [2.75, 3.05) is 13.1 Å². The second kappa shape index (κ2) is 7.60. The summed E-state index contributed by atoms with van der Waals surface area (Å²) in [5, 5.41) is 14.2. The van der Waals surface area contributed by atoms with Crippen LogP contribution in [0.3, 0.4) is 0 Å². The van der Waals surface area contributed by atoms with Crippen molar-refractivity contribution in [2.45, 2.75) is 39.0 Å². The molecule has 2 amide bonds. The van der Waals surface area contributed by atoms with Crippen molar-refractivity contribution < 1.29 is 9.59 Å². The van der Waals surface area contributed by atoms with E-state index in [0.717, 1.165) is 22.4 Å². The number of primary amides is 1. The van der Waals surface area contributed by atoms with Crippen molar-refractivity contribution in [1.29, 1.82) is 0 Å². The van der Waals surface area contributed by atoms with E-state index < -0.39 is 0 Å². The lowest BCUT2D eigenvalue weighted by atomic mass is 9.96. The Bertz CT molecular complexity index is 1300. The van der Waals surface area contributed by atoms with Crippen molar-refractivity contribution in [1.82, 2.24) is 34.1 Å². The number of aryl methyl sites for hydroxylation is 2. The van der Waals surface area contributed by atoms with Crippen LogP contribution in [0.4, 0.5) is 0 Å². The van der Waals surface area contributed by atoms with E-state index in [-0.39, 0.29) is 17.7 Å². The number of benzene rings is 1. The number of carbonyl (C=O) groups is 2. The molecule has 0 unspecified atom stereocenters. The molecule has 160 valence electrons. The van der Waals surface area contributed by atoms with E-state index in [4.69, 9.17) is 5.73 Å². The zero-order chi connectivity index (χ0) is 21.5. The fourth-order valence-electron chi connectivity index (χ4n) is 4.41. The lowest BCUT2D eigenvalue weighted by Crippen LogP contribution is -2.41. The summed E-state index contributed by atoms with van der Waals surface area (Å²) in [5.74, 6) is 1.81. The van der Waals surface area contributed by atoms with E-state index in [2.05, 4.69) is 20.3 Å². The summed E-state index contributed by atoms with van der Waals surface area (Å²) < 4.78 is 3.72. The number of hydrogen-bond donors (Lipinski definition) is 1. The van der Waals surface area contributed by atoms with Gasteiger partial charge in [-0.1, -0.05) is 12.1 Å². The predicted octanol–water partition coefficient (Wildman–Crippen LogP) is 1.28. The standard InChI is InChI=1S/C21H24N8O2/c1-13-23-20-15-5-2-3-6-16(15)28-17(24-25-21(28)29(20)26-13)7-4-8-18(30)27-11-9-14(10-12-27)19(22)31/h2-3,5-6,14H,4,7-12H2,1H3,(H2,22,31). The number of carbonyl (C=O) groups excluding carboxylic acids is 2. The molecule has 3 aromatic heterocycles. The summed E-state index contributed by atoms with van der Waals surface area (Å²) in [6.07, 6.45) is 3.01. The van der Waals surface area contributed by atoms with Gasteiger partial charge in [-0.05, 0) is 38.3 Å². The number of piperidine rings is 1. The van der Waals surface area contributed by atoms with Crippen LogP contribution in [0.15, 0.2) is 24.3 Å². The molecule has 2 N–H and O–H groups in total. The van der Waals surface area contributed by atoms with Crippen LogP contribution in [0.5, 0.6) is 0 Å². The van der Waals surface area contributed by atoms with Gasteiger partial charge in [0.25, 0.3) is 5.78 Å². The van der Waals surface area contributed by atoms with E-state index in [1.807, 2.05) is 40.5 Å². The Labute approximate surface area is 178 Å². The molecule has 5 rings (SSSR count). The average molecular weight is 420 g/mol. The Morgan fingerprint density at radius 1 is 1.16 bits per heavy atom. The largest absolute Gasteiger partial charge is 0.369 e. The molecule has 10 heteroatoms. The molecule has 0 radical (unpaired) electrons. The summed E-state index contributed by atoms with van der Waals surface area (Å²) in [5.41, 5.74) is 7.10. The van der Waals surface area contributed by atoms with Gasteiger partial charge in [-0.15, -0.1) is 15.3 Å². The number of likely N-dealkylation sites (tertiary alicyclic amines) is 1. The molecule has 0 saturated carbocycles. The average Bonchev–Trinajstić information content (AvgIpc) is 3.37. The highest BCUT2D eigenvalue weighted by Crippen LogP contribution is 2.23. The highest BCUT2D eigenvalue weighted by Gasteiger charge is 2.25. The summed E-state index contributed by atoms with van der Waals surface area (Å²) in [6, 6.07) is 7.99. The predicted molar refractivity (Wildman–Crippen MR) is 113 cm³/mol. The second-order valence-corrected chi connectivity index (χ2v) is 8.07. The van der Waals surface area contributed by atoms with Gasteiger partial charge >= 0.3 is 0 Å². The number of fused-ring (bicyclic) bond motifs is 6. The highest BCUT2D eigenvalue weighted by atomic mass is 16.2. The molecule has 10 nitrogen and oxygen atoms in total. The number of rotatable bonds is 5. The molecule has 0 bridgehead atoms. The normalized spacial score (nSPS) is 15.3. The fourth-order valence-corrected chi connectivity index (χ4v) is 4.41. The van der Waals surface area contributed by atoms with Crippen molar-refractivity contribution in [3.63, 3.8) is 0 Å². The van der Waals surface area contributed by atoms with Crippen LogP contribution in [0, 0.1) is 12.8 Å². The first kappa shape index (κ1) is 19.4. The molecule has 1 aromatic carbocycles. The highest BCUT2D eigenvalue weighted by molar-refractivity contribution is 5.93. The van der Waals surface area contributed by atoms with Crippen LogP contribution < -0.4 is 5.73 Å². The van der Waals surface area contributed by atoms with Gasteiger partial charge in [0.2, 0.25) is 11.8 Å². The monoisotopic (exact) mass is 420 g/mol. The number of aromatic nitrogens is 6. The maximum Gasteiger partial charge on any atom is 0.258 e. The Morgan fingerprint density at radius 3 is 2.71 bits per heavy atom. The zero-order valence-corrected chi connectivity index (χ0v) is 17.4. The molecule has 0 spiro atoms. The van der Waals surface area contributed by atoms with Gasteiger partial charge in [0.05, 0.1) is 5.52 Å². The van der Waals surface area contributed by atoms with Crippen LogP contribution in [-0.4, -0.2) is 59.0 Å². The van der Waals surface area contributed by atoms with Crippen molar-refractivity contribution in [3.05, 3.63) is 35.9 Å². The molecular formula is C21H24N8O2. The maximum absolute atomic E-state index is 12.6. The Balaban J connectivity index is 1.35. The lowest BCUT2D eigenvalue weighted by molar-refractivity contribution is -0.134. The van der Waals surface area contributed by atoms with Crippen molar-refractivity contribution in [3.8, 4) is 0 Å². The van der Waals surface area contributed by atoms with Gasteiger partial charge in [-0.25, -0.2) is 4.98 Å². The molecule has 4 heterocycles. The summed E-state index contributed by atoms with van der Waals surface area (Å²) >= 11 is 0. The van der Waals surface area contributed by atoms with Gasteiger partial charge < -0.3 is 10.6 Å². The van der Waals surface area contributed by atoms with E-state index in [0.29, 0.717) is 56.8 Å². The third-order valence-corrected chi connectivity index (χ3v) is 6.04. The number of nitrogens with two attached hydrogens (primary N) is 1. The Hall–Kier alpha value is -3.56. The molecule has 1 saturated heterocycles. The number of hydrogen-bond acceptors (Lipinski definition) is 6. The lowest BCUT2D eigenvalue weighted by Gasteiger charge is -2.30. The maximum atomic E-state index is 12.6. The topological polar surface area (TPSA) is 124 Å². The molecule has 0 atom stereocenters. The zero-order valence-electron chi connectivity index (χ0n) is 17.4. The van der Waals surface area contributed by atoms with E-state index in [1.165, 1.54) is 0 Å². The molecule has 1 aliphatic rings. The second-order valence-electron chi connectivity index (χ2n) is 8.07. The van der Waals surface area contributed by atoms with E-state index in [1.54, 1.807) is 4.52 Å². The van der Waals surface area contributed by atoms with Crippen LogP contribution >= 0.6 is 0 Å². The van der Waals surface area contributed by atoms with Crippen LogP contribution in [0.25, 0.3) is 22.3 Å². The molecule has 1 fully saturated rings. The van der Waals surface area contributed by atoms with Crippen molar-refractivity contribution in [2.24, 2.45) is 11.7 Å². The minimum Gasteiger partial charge on any atom is -0.369 e. The minimum atomic E-state index is -0.269. The number of nitrogens with zero attached hydrogens (tertiary/aromatic N) is 7. The quantitative estimate of drug-likeness (QED) is 0.519. The summed E-state index contributed by atoms with van der Waals surface area (Å²) in [6.45, 7) is 3.04. The summed E-state index contributed by atoms with van der Waals surface area (Å²) in [7, 11) is 0. The van der Waals surface area contributed by atoms with Gasteiger partial charge in [0.15, 0.2) is 5.65 Å². The van der Waals surface area contributed by atoms with Gasteiger partial charge in [0.1, 0.15) is 11.6 Å². The van der Waals surface area contributed by atoms with Gasteiger partial charge in [-0.2, -0.15) is 4.52 Å². The number of amides is 2.